The maximum atomic E-state index is 16.1. The Kier molecular flexibility index (Phi) is 9.98. The number of likely N-dealkylation sites (N-methyl/N-ethyl adjacent to an activating group) is 1. The molecular formula is C34H41F4N5O2. The number of halogens is 4. The minimum atomic E-state index is -4.83. The molecule has 2 aliphatic rings. The molecule has 0 unspecified atom stereocenters. The normalized spacial score (nSPS) is 19.9. The van der Waals surface area contributed by atoms with Crippen LogP contribution in [-0.4, -0.2) is 61.2 Å². The average molecular weight is 628 g/mol. The van der Waals surface area contributed by atoms with Crippen LogP contribution in [0, 0.1) is 5.82 Å². The van der Waals surface area contributed by atoms with Gasteiger partial charge in [0.1, 0.15) is 5.82 Å². The van der Waals surface area contributed by atoms with Gasteiger partial charge in [0.25, 0.3) is 5.91 Å². The SMILES string of the molecule is COc1cc(C(F)(F)F)c(C(=O)Nc2cc(-c3ccccc3CNC3CCCCC3)c(F)cc2N2C[C@@H](C)N(C)[C@@H](C)C2)cn1. The van der Waals surface area contributed by atoms with Crippen molar-refractivity contribution < 1.29 is 27.1 Å². The van der Waals surface area contributed by atoms with Crippen LogP contribution in [0.2, 0.25) is 0 Å². The van der Waals surface area contributed by atoms with Crippen molar-refractivity contribution in [1.82, 2.24) is 15.2 Å². The Balaban J connectivity index is 1.55. The molecule has 45 heavy (non-hydrogen) atoms. The van der Waals surface area contributed by atoms with E-state index in [1.807, 2.05) is 36.2 Å². The molecule has 1 saturated heterocycles. The number of anilines is 2. The lowest BCUT2D eigenvalue weighted by Gasteiger charge is -2.44. The molecule has 7 nitrogen and oxygen atoms in total. The van der Waals surface area contributed by atoms with Gasteiger partial charge in [0.15, 0.2) is 0 Å². The Labute approximate surface area is 262 Å². The molecule has 1 aliphatic carbocycles. The lowest BCUT2D eigenvalue weighted by molar-refractivity contribution is -0.138. The Morgan fingerprint density at radius 3 is 2.38 bits per heavy atom. The van der Waals surface area contributed by atoms with Crippen molar-refractivity contribution in [3.63, 3.8) is 0 Å². The fourth-order valence-corrected chi connectivity index (χ4v) is 6.38. The molecule has 1 amide bonds. The molecule has 3 aromatic rings. The molecule has 1 saturated carbocycles. The second kappa shape index (κ2) is 13.7. The van der Waals surface area contributed by atoms with Crippen LogP contribution in [0.15, 0.2) is 48.7 Å². The molecular weight excluding hydrogens is 586 g/mol. The van der Waals surface area contributed by atoms with Crippen LogP contribution < -0.4 is 20.3 Å². The molecule has 0 spiro atoms. The average Bonchev–Trinajstić information content (AvgIpc) is 3.03. The molecule has 11 heteroatoms. The molecule has 1 aromatic heterocycles. The van der Waals surface area contributed by atoms with Gasteiger partial charge in [-0.05, 0) is 57.0 Å². The minimum absolute atomic E-state index is 0.120. The van der Waals surface area contributed by atoms with Crippen LogP contribution in [0.25, 0.3) is 11.1 Å². The van der Waals surface area contributed by atoms with Crippen molar-refractivity contribution in [2.45, 2.75) is 76.8 Å². The lowest BCUT2D eigenvalue weighted by atomic mass is 9.94. The van der Waals surface area contributed by atoms with Gasteiger partial charge >= 0.3 is 6.18 Å². The van der Waals surface area contributed by atoms with Gasteiger partial charge in [-0.15, -0.1) is 0 Å². The highest BCUT2D eigenvalue weighted by Gasteiger charge is 2.37. The third-order valence-corrected chi connectivity index (χ3v) is 9.17. The second-order valence-electron chi connectivity index (χ2n) is 12.2. The zero-order valence-electron chi connectivity index (χ0n) is 26.2. The monoisotopic (exact) mass is 627 g/mol. The number of carbonyl (C=O) groups excluding carboxylic acids is 1. The zero-order chi connectivity index (χ0) is 32.3. The largest absolute Gasteiger partial charge is 0.481 e. The molecule has 2 aromatic carbocycles. The molecule has 2 atom stereocenters. The van der Waals surface area contributed by atoms with E-state index in [-0.39, 0.29) is 29.2 Å². The number of benzene rings is 2. The minimum Gasteiger partial charge on any atom is -0.481 e. The number of aromatic nitrogens is 1. The number of hydrogen-bond donors (Lipinski definition) is 2. The number of methoxy groups -OCH3 is 1. The van der Waals surface area contributed by atoms with E-state index >= 15 is 4.39 Å². The van der Waals surface area contributed by atoms with E-state index < -0.39 is 29.0 Å². The van der Waals surface area contributed by atoms with Gasteiger partial charge in [-0.2, -0.15) is 13.2 Å². The van der Waals surface area contributed by atoms with Crippen molar-refractivity contribution in [3.8, 4) is 17.0 Å². The number of carbonyl (C=O) groups is 1. The number of nitrogens with zero attached hydrogens (tertiary/aromatic N) is 3. The molecule has 5 rings (SSSR count). The highest BCUT2D eigenvalue weighted by Crippen LogP contribution is 2.39. The number of rotatable bonds is 8. The van der Waals surface area contributed by atoms with E-state index in [0.717, 1.165) is 24.6 Å². The van der Waals surface area contributed by atoms with Crippen molar-refractivity contribution in [2.24, 2.45) is 0 Å². The summed E-state index contributed by atoms with van der Waals surface area (Å²) in [6.45, 7) is 5.74. The highest BCUT2D eigenvalue weighted by molar-refractivity contribution is 6.07. The summed E-state index contributed by atoms with van der Waals surface area (Å²) in [4.78, 5) is 21.6. The van der Waals surface area contributed by atoms with Crippen LogP contribution in [-0.2, 0) is 12.7 Å². The summed E-state index contributed by atoms with van der Waals surface area (Å²) in [5.41, 5.74) is 0.613. The molecule has 2 fully saturated rings. The van der Waals surface area contributed by atoms with Gasteiger partial charge in [0.05, 0.1) is 29.6 Å². The van der Waals surface area contributed by atoms with E-state index in [1.54, 1.807) is 6.07 Å². The quantitative estimate of drug-likeness (QED) is 0.259. The van der Waals surface area contributed by atoms with E-state index in [0.29, 0.717) is 43.0 Å². The van der Waals surface area contributed by atoms with Crippen LogP contribution in [0.5, 0.6) is 5.88 Å². The second-order valence-corrected chi connectivity index (χ2v) is 12.2. The Hall–Kier alpha value is -3.70. The van der Waals surface area contributed by atoms with E-state index in [9.17, 15) is 18.0 Å². The first-order chi connectivity index (χ1) is 21.5. The fourth-order valence-electron chi connectivity index (χ4n) is 6.38. The van der Waals surface area contributed by atoms with Gasteiger partial charge in [-0.1, -0.05) is 43.5 Å². The summed E-state index contributed by atoms with van der Waals surface area (Å²) in [7, 11) is 3.22. The topological polar surface area (TPSA) is 69.7 Å². The first kappa shape index (κ1) is 32.7. The highest BCUT2D eigenvalue weighted by atomic mass is 19.4. The number of hydrogen-bond acceptors (Lipinski definition) is 6. The standard InChI is InChI=1S/C34H41F4N5O2/c1-21-19-43(20-22(2)42(21)3)31-16-29(35)26(25-13-9-8-10-23(25)17-39-24-11-6-5-7-12-24)14-30(31)41-33(44)27-18-40-32(45-4)15-28(27)34(36,37)38/h8-10,13-16,18,21-22,24,39H,5-7,11-12,17,19-20H2,1-4H3,(H,41,44)/t21-,22+. The number of ether oxygens (including phenoxy) is 1. The summed E-state index contributed by atoms with van der Waals surface area (Å²) < 4.78 is 63.1. The van der Waals surface area contributed by atoms with Gasteiger partial charge in [-0.3, -0.25) is 9.69 Å². The van der Waals surface area contributed by atoms with Gasteiger partial charge in [0.2, 0.25) is 5.88 Å². The van der Waals surface area contributed by atoms with Crippen molar-refractivity contribution in [2.75, 3.05) is 37.5 Å². The molecule has 242 valence electrons. The number of piperazine rings is 1. The predicted octanol–water partition coefficient (Wildman–Crippen LogP) is 7.12. The van der Waals surface area contributed by atoms with Crippen LogP contribution in [0.4, 0.5) is 28.9 Å². The molecule has 1 aliphatic heterocycles. The zero-order valence-corrected chi connectivity index (χ0v) is 26.2. The lowest BCUT2D eigenvalue weighted by Crippen LogP contribution is -2.55. The third-order valence-electron chi connectivity index (χ3n) is 9.17. The maximum absolute atomic E-state index is 16.1. The Bertz CT molecular complexity index is 1500. The fraction of sp³-hybridized carbons (Fsp3) is 0.471. The predicted molar refractivity (Wildman–Crippen MR) is 168 cm³/mol. The molecule has 2 heterocycles. The first-order valence-corrected chi connectivity index (χ1v) is 15.5. The van der Waals surface area contributed by atoms with Gasteiger partial charge in [-0.25, -0.2) is 9.37 Å². The Morgan fingerprint density at radius 2 is 1.71 bits per heavy atom. The van der Waals surface area contributed by atoms with E-state index in [4.69, 9.17) is 4.74 Å². The molecule has 0 radical (unpaired) electrons. The number of alkyl halides is 3. The van der Waals surface area contributed by atoms with Crippen molar-refractivity contribution >= 4 is 17.3 Å². The van der Waals surface area contributed by atoms with E-state index in [2.05, 4.69) is 34.4 Å². The van der Waals surface area contributed by atoms with Crippen LogP contribution in [0.1, 0.15) is 67.4 Å². The van der Waals surface area contributed by atoms with Crippen molar-refractivity contribution in [1.29, 1.82) is 0 Å². The summed E-state index contributed by atoms with van der Waals surface area (Å²) >= 11 is 0. The smallest absolute Gasteiger partial charge is 0.417 e. The Morgan fingerprint density at radius 1 is 1.02 bits per heavy atom. The summed E-state index contributed by atoms with van der Waals surface area (Å²) in [5, 5.41) is 6.31. The molecule has 2 N–H and O–H groups in total. The summed E-state index contributed by atoms with van der Waals surface area (Å²) in [6, 6.07) is 11.8. The summed E-state index contributed by atoms with van der Waals surface area (Å²) in [5.74, 6) is -1.74. The number of amides is 1. The number of nitrogens with one attached hydrogen (secondary N) is 2. The van der Waals surface area contributed by atoms with E-state index in [1.165, 1.54) is 32.4 Å². The van der Waals surface area contributed by atoms with Crippen LogP contribution in [0.3, 0.4) is 0 Å². The number of pyridine rings is 1. The van der Waals surface area contributed by atoms with Crippen molar-refractivity contribution in [3.05, 3.63) is 71.2 Å². The first-order valence-electron chi connectivity index (χ1n) is 15.5. The molecule has 0 bridgehead atoms. The van der Waals surface area contributed by atoms with Crippen LogP contribution >= 0.6 is 0 Å². The van der Waals surface area contributed by atoms with Gasteiger partial charge < -0.3 is 20.3 Å². The summed E-state index contributed by atoms with van der Waals surface area (Å²) in [6.07, 6.45) is 1.83. The van der Waals surface area contributed by atoms with Gasteiger partial charge in [0, 0.05) is 55.6 Å². The third kappa shape index (κ3) is 7.41. The maximum Gasteiger partial charge on any atom is 0.417 e.